The highest BCUT2D eigenvalue weighted by Gasteiger charge is 1.87. The fraction of sp³-hybridized carbons (Fsp3) is 0.400. The molecule has 0 atom stereocenters. The summed E-state index contributed by atoms with van der Waals surface area (Å²) in [4.78, 5) is 0. The Morgan fingerprint density at radius 2 is 2.67 bits per heavy atom. The summed E-state index contributed by atoms with van der Waals surface area (Å²) in [6, 6.07) is 0. The smallest absolute Gasteiger partial charge is 0.00771 e. The summed E-state index contributed by atoms with van der Waals surface area (Å²) >= 11 is 0.415. The second kappa shape index (κ2) is 1.87. The van der Waals surface area contributed by atoms with Gasteiger partial charge < -0.3 is 0 Å². The zero-order chi connectivity index (χ0) is 4.41. The molecule has 1 aliphatic rings. The molecule has 34 valence electrons. The van der Waals surface area contributed by atoms with E-state index < -0.39 is 0 Å². The minimum atomic E-state index is 0.415. The number of halogens is 1. The van der Waals surface area contributed by atoms with Gasteiger partial charge in [-0.05, 0) is 21.4 Å². The molecule has 1 aliphatic heterocycles. The number of rotatable bonds is 0. The van der Waals surface area contributed by atoms with Crippen LogP contribution in [0.1, 0.15) is 13.3 Å². The molecule has 0 nitrogen and oxygen atoms in total. The predicted octanol–water partition coefficient (Wildman–Crippen LogP) is 2.07. The predicted molar refractivity (Wildman–Crippen MR) is 38.5 cm³/mol. The van der Waals surface area contributed by atoms with Gasteiger partial charge in [-0.1, -0.05) is 26.3 Å². The second-order valence-electron chi connectivity index (χ2n) is 1.44. The largest absolute Gasteiger partial charge is 0.0979 e. The van der Waals surface area contributed by atoms with E-state index in [9.17, 15) is 0 Å². The van der Waals surface area contributed by atoms with E-state index in [4.69, 9.17) is 0 Å². The van der Waals surface area contributed by atoms with Crippen LogP contribution in [0.15, 0.2) is 9.66 Å². The van der Waals surface area contributed by atoms with Crippen molar-refractivity contribution in [3.8, 4) is 0 Å². The Morgan fingerprint density at radius 3 is 2.83 bits per heavy atom. The maximum absolute atomic E-state index is 2.40. The van der Waals surface area contributed by atoms with Crippen molar-refractivity contribution in [3.63, 3.8) is 0 Å². The quantitative estimate of drug-likeness (QED) is 0.517. The Hall–Kier alpha value is 0.340. The van der Waals surface area contributed by atoms with Crippen LogP contribution in [0.5, 0.6) is 0 Å². The lowest BCUT2D eigenvalue weighted by molar-refractivity contribution is 1.33. The highest BCUT2D eigenvalue weighted by Crippen LogP contribution is 2.14. The molecule has 0 saturated carbocycles. The van der Waals surface area contributed by atoms with Crippen molar-refractivity contribution in [2.24, 2.45) is 0 Å². The summed E-state index contributed by atoms with van der Waals surface area (Å²) in [5, 5.41) is 0. The van der Waals surface area contributed by atoms with Crippen LogP contribution in [0.2, 0.25) is 0 Å². The minimum Gasteiger partial charge on any atom is -0.0979 e. The normalized spacial score (nSPS) is 19.8. The monoisotopic (exact) mass is 194 g/mol. The van der Waals surface area contributed by atoms with Crippen LogP contribution in [0, 0.1) is 0 Å². The summed E-state index contributed by atoms with van der Waals surface area (Å²) in [6.07, 6.45) is 1.27. The average molecular weight is 194 g/mol. The van der Waals surface area contributed by atoms with Gasteiger partial charge in [0.25, 0.3) is 0 Å². The lowest BCUT2D eigenvalue weighted by atomic mass is 10.3. The summed E-state index contributed by atoms with van der Waals surface area (Å²) < 4.78 is 4.77. The maximum atomic E-state index is 2.40. The van der Waals surface area contributed by atoms with Crippen LogP contribution in [0.25, 0.3) is 0 Å². The first-order valence-electron chi connectivity index (χ1n) is 1.99. The zero-order valence-corrected chi connectivity index (χ0v) is 5.90. The zero-order valence-electron chi connectivity index (χ0n) is 3.74. The van der Waals surface area contributed by atoms with E-state index in [0.29, 0.717) is 20.7 Å². The molecular formula is C5H7I. The van der Waals surface area contributed by atoms with Gasteiger partial charge in [0.1, 0.15) is 0 Å². The third kappa shape index (κ3) is 0.899. The first kappa shape index (κ1) is 4.50. The Bertz CT molecular complexity index is 101. The van der Waals surface area contributed by atoms with Crippen LogP contribution < -0.4 is 0 Å². The molecule has 0 spiro atoms. The number of allylic oxidation sites excluding steroid dienone is 1. The van der Waals surface area contributed by atoms with Crippen molar-refractivity contribution in [1.29, 1.82) is 0 Å². The molecule has 0 amide bonds. The third-order valence-electron chi connectivity index (χ3n) is 0.737. The maximum Gasteiger partial charge on any atom is -0.00771 e. The summed E-state index contributed by atoms with van der Waals surface area (Å²) in [7, 11) is 0. The Morgan fingerprint density at radius 1 is 1.83 bits per heavy atom. The first-order valence-corrected chi connectivity index (χ1v) is 4.48. The SMILES string of the molecule is CC1=CI=CC1. The first-order chi connectivity index (χ1) is 2.89. The number of hydrogen-bond acceptors (Lipinski definition) is 0. The van der Waals surface area contributed by atoms with Crippen molar-refractivity contribution in [1.82, 2.24) is 0 Å². The lowest BCUT2D eigenvalue weighted by Crippen LogP contribution is -1.64. The Balaban J connectivity index is 2.61. The van der Waals surface area contributed by atoms with Gasteiger partial charge in [-0.15, -0.1) is 0 Å². The standard InChI is InChI=1S/C5H7I/c1-5-2-3-6-4-5/h3-4H,2H2,1H3. The molecule has 6 heavy (non-hydrogen) atoms. The van der Waals surface area contributed by atoms with E-state index in [2.05, 4.69) is 15.0 Å². The molecule has 1 rings (SSSR count). The molecule has 0 fully saturated rings. The van der Waals surface area contributed by atoms with Gasteiger partial charge >= 0.3 is 0 Å². The van der Waals surface area contributed by atoms with Crippen molar-refractivity contribution < 1.29 is 0 Å². The van der Waals surface area contributed by atoms with Crippen molar-refractivity contribution in [2.45, 2.75) is 13.3 Å². The topological polar surface area (TPSA) is 0 Å². The Labute approximate surface area is 48.0 Å². The molecule has 0 saturated heterocycles. The van der Waals surface area contributed by atoms with Crippen molar-refractivity contribution in [2.75, 3.05) is 0 Å². The van der Waals surface area contributed by atoms with E-state index in [1.807, 2.05) is 0 Å². The molecule has 0 aliphatic carbocycles. The molecule has 0 unspecified atom stereocenters. The van der Waals surface area contributed by atoms with E-state index >= 15 is 0 Å². The molecule has 0 aromatic rings. The third-order valence-corrected chi connectivity index (χ3v) is 3.11. The second-order valence-corrected chi connectivity index (χ2v) is 3.66. The summed E-state index contributed by atoms with van der Waals surface area (Å²) in [5.74, 6) is 0. The van der Waals surface area contributed by atoms with Crippen LogP contribution >= 0.6 is 20.7 Å². The highest BCUT2D eigenvalue weighted by atomic mass is 127. The van der Waals surface area contributed by atoms with Gasteiger partial charge in [0.05, 0.1) is 0 Å². The fourth-order valence-corrected chi connectivity index (χ4v) is 2.43. The van der Waals surface area contributed by atoms with Crippen molar-refractivity contribution >= 4 is 24.7 Å². The van der Waals surface area contributed by atoms with Gasteiger partial charge in [-0.25, -0.2) is 0 Å². The van der Waals surface area contributed by atoms with Gasteiger partial charge in [0.15, 0.2) is 0 Å². The van der Waals surface area contributed by atoms with Crippen molar-refractivity contribution in [3.05, 3.63) is 9.66 Å². The molecule has 0 bridgehead atoms. The van der Waals surface area contributed by atoms with E-state index in [1.54, 1.807) is 5.57 Å². The van der Waals surface area contributed by atoms with Crippen LogP contribution in [0.3, 0.4) is 0 Å². The molecule has 0 radical (unpaired) electrons. The van der Waals surface area contributed by atoms with Gasteiger partial charge in [0.2, 0.25) is 0 Å². The fourth-order valence-electron chi connectivity index (χ4n) is 0.363. The highest BCUT2D eigenvalue weighted by molar-refractivity contribution is 14.2. The number of hydrogen-bond donors (Lipinski definition) is 0. The van der Waals surface area contributed by atoms with Gasteiger partial charge in [-0.2, -0.15) is 0 Å². The van der Waals surface area contributed by atoms with Crippen LogP contribution in [0.4, 0.5) is 0 Å². The summed E-state index contributed by atoms with van der Waals surface area (Å²) in [6.45, 7) is 2.20. The van der Waals surface area contributed by atoms with Gasteiger partial charge in [-0.3, -0.25) is 0 Å². The van der Waals surface area contributed by atoms with Gasteiger partial charge in [0, 0.05) is 0 Å². The molecular weight excluding hydrogens is 187 g/mol. The van der Waals surface area contributed by atoms with E-state index in [1.165, 1.54) is 6.42 Å². The van der Waals surface area contributed by atoms with Crippen LogP contribution in [-0.4, -0.2) is 4.01 Å². The average Bonchev–Trinajstić information content (AvgIpc) is 1.86. The van der Waals surface area contributed by atoms with E-state index in [0.717, 1.165) is 0 Å². The Kier molecular flexibility index (Phi) is 1.40. The minimum absolute atomic E-state index is 0.415. The molecule has 0 aromatic heterocycles. The molecule has 0 aromatic carbocycles. The van der Waals surface area contributed by atoms with E-state index in [-0.39, 0.29) is 0 Å². The van der Waals surface area contributed by atoms with Crippen LogP contribution in [-0.2, 0) is 0 Å². The molecule has 1 heterocycles. The summed E-state index contributed by atoms with van der Waals surface area (Å²) in [5.41, 5.74) is 1.57. The lowest BCUT2D eigenvalue weighted by Gasteiger charge is -1.77. The molecule has 0 N–H and O–H groups in total. The molecule has 1 heteroatoms.